The first kappa shape index (κ1) is 33.4. The molecule has 12 heteroatoms. The van der Waals surface area contributed by atoms with E-state index in [1.165, 1.54) is 64.4 Å². The summed E-state index contributed by atoms with van der Waals surface area (Å²) in [7, 11) is 2.00. The number of hydrogen-bond acceptors (Lipinski definition) is 5. The number of benzene rings is 4. The molecule has 0 radical (unpaired) electrons. The van der Waals surface area contributed by atoms with Crippen LogP contribution in [-0.2, 0) is 15.8 Å². The van der Waals surface area contributed by atoms with Gasteiger partial charge in [0, 0.05) is 56.0 Å². The van der Waals surface area contributed by atoms with Crippen LogP contribution >= 0.6 is 0 Å². The number of amides is 4. The highest BCUT2D eigenvalue weighted by Crippen LogP contribution is 2.38. The number of piperazine rings is 1. The standard InChI is InChI=1S/C37H34F3N5O4/c1-42-20-22-43(23-21-42)34(47)24-45-32-13-7-6-12-31(32)44(19-18-33(45)46)36(49)25-14-16-26(17-15-25)41-35(48)29-10-3-2-8-27(29)28-9-4-5-11-30(28)37(38,39)40/h2-17H,18-24H2,1H3,(H,41,48). The van der Waals surface area contributed by atoms with Crippen LogP contribution in [0.2, 0.25) is 0 Å². The lowest BCUT2D eigenvalue weighted by Gasteiger charge is -2.34. The second-order valence-corrected chi connectivity index (χ2v) is 12.0. The van der Waals surface area contributed by atoms with Crippen LogP contribution in [0.4, 0.5) is 30.2 Å². The highest BCUT2D eigenvalue weighted by Gasteiger charge is 2.35. The highest BCUT2D eigenvalue weighted by atomic mass is 19.4. The van der Waals surface area contributed by atoms with Gasteiger partial charge in [-0.05, 0) is 66.7 Å². The zero-order valence-corrected chi connectivity index (χ0v) is 26.7. The summed E-state index contributed by atoms with van der Waals surface area (Å²) in [4.78, 5) is 60.5. The van der Waals surface area contributed by atoms with Crippen LogP contribution < -0.4 is 15.1 Å². The molecule has 0 bridgehead atoms. The number of alkyl halides is 3. The van der Waals surface area contributed by atoms with Crippen LogP contribution in [0.3, 0.4) is 0 Å². The molecule has 0 saturated carbocycles. The molecule has 49 heavy (non-hydrogen) atoms. The van der Waals surface area contributed by atoms with Crippen LogP contribution in [0.5, 0.6) is 0 Å². The van der Waals surface area contributed by atoms with Crippen LogP contribution in [0.25, 0.3) is 11.1 Å². The predicted molar refractivity (Wildman–Crippen MR) is 180 cm³/mol. The van der Waals surface area contributed by atoms with Crippen molar-refractivity contribution < 1.29 is 32.3 Å². The molecule has 0 spiro atoms. The fourth-order valence-corrected chi connectivity index (χ4v) is 6.12. The Morgan fingerprint density at radius 1 is 0.735 bits per heavy atom. The zero-order chi connectivity index (χ0) is 34.7. The SMILES string of the molecule is CN1CCN(C(=O)CN2C(=O)CCN(C(=O)c3ccc(NC(=O)c4ccccc4-c4ccccc4C(F)(F)F)cc3)c3ccccc32)CC1. The van der Waals surface area contributed by atoms with Crippen molar-refractivity contribution in [3.8, 4) is 11.1 Å². The second kappa shape index (κ2) is 13.9. The minimum absolute atomic E-state index is 0.0153. The number of nitrogens with zero attached hydrogens (tertiary/aromatic N) is 4. The Balaban J connectivity index is 1.19. The molecule has 2 aliphatic rings. The Hall–Kier alpha value is -5.49. The van der Waals surface area contributed by atoms with Gasteiger partial charge < -0.3 is 24.9 Å². The molecular formula is C37H34F3N5O4. The van der Waals surface area contributed by atoms with Crippen molar-refractivity contribution in [2.75, 3.05) is 61.4 Å². The van der Waals surface area contributed by atoms with E-state index in [4.69, 9.17) is 0 Å². The number of para-hydroxylation sites is 2. The third kappa shape index (κ3) is 7.19. The van der Waals surface area contributed by atoms with Gasteiger partial charge in [-0.25, -0.2) is 0 Å². The molecule has 1 N–H and O–H groups in total. The zero-order valence-electron chi connectivity index (χ0n) is 26.7. The normalized spacial score (nSPS) is 15.4. The van der Waals surface area contributed by atoms with Crippen LogP contribution in [0.15, 0.2) is 97.1 Å². The minimum atomic E-state index is -4.61. The van der Waals surface area contributed by atoms with Gasteiger partial charge in [-0.2, -0.15) is 13.2 Å². The van der Waals surface area contributed by atoms with Crippen molar-refractivity contribution >= 4 is 40.7 Å². The van der Waals surface area contributed by atoms with E-state index in [-0.39, 0.29) is 53.9 Å². The predicted octanol–water partition coefficient (Wildman–Crippen LogP) is 5.78. The Morgan fingerprint density at radius 3 is 2.04 bits per heavy atom. The molecule has 9 nitrogen and oxygen atoms in total. The third-order valence-corrected chi connectivity index (χ3v) is 8.79. The third-order valence-electron chi connectivity index (χ3n) is 8.79. The molecule has 0 aromatic heterocycles. The average molecular weight is 670 g/mol. The minimum Gasteiger partial charge on any atom is -0.339 e. The van der Waals surface area contributed by atoms with Crippen molar-refractivity contribution in [3.05, 3.63) is 114 Å². The van der Waals surface area contributed by atoms with Crippen molar-refractivity contribution in [3.63, 3.8) is 0 Å². The van der Waals surface area contributed by atoms with E-state index < -0.39 is 17.6 Å². The first-order valence-corrected chi connectivity index (χ1v) is 15.9. The van der Waals surface area contributed by atoms with Crippen molar-refractivity contribution in [2.24, 2.45) is 0 Å². The van der Waals surface area contributed by atoms with Gasteiger partial charge in [0.2, 0.25) is 11.8 Å². The molecule has 1 fully saturated rings. The van der Waals surface area contributed by atoms with Gasteiger partial charge in [-0.15, -0.1) is 0 Å². The fraction of sp³-hybridized carbons (Fsp3) is 0.243. The maximum Gasteiger partial charge on any atom is 0.417 e. The summed E-state index contributed by atoms with van der Waals surface area (Å²) in [5, 5.41) is 2.72. The van der Waals surface area contributed by atoms with Crippen molar-refractivity contribution in [2.45, 2.75) is 12.6 Å². The Labute approximate surface area is 281 Å². The van der Waals surface area contributed by atoms with E-state index in [9.17, 15) is 32.3 Å². The van der Waals surface area contributed by atoms with E-state index in [0.29, 0.717) is 35.7 Å². The summed E-state index contributed by atoms with van der Waals surface area (Å²) < 4.78 is 41.3. The van der Waals surface area contributed by atoms with Gasteiger partial charge in [-0.1, -0.05) is 48.5 Å². The lowest BCUT2D eigenvalue weighted by molar-refractivity contribution is -0.137. The topological polar surface area (TPSA) is 93.3 Å². The Kier molecular flexibility index (Phi) is 9.50. The molecule has 252 valence electrons. The van der Waals surface area contributed by atoms with Crippen LogP contribution in [-0.4, -0.2) is 79.7 Å². The number of carbonyl (C=O) groups is 4. The van der Waals surface area contributed by atoms with Gasteiger partial charge >= 0.3 is 6.18 Å². The van der Waals surface area contributed by atoms with Crippen LogP contribution in [0.1, 0.15) is 32.7 Å². The van der Waals surface area contributed by atoms with Gasteiger partial charge in [-0.3, -0.25) is 19.2 Å². The van der Waals surface area contributed by atoms with E-state index in [0.717, 1.165) is 19.2 Å². The summed E-state index contributed by atoms with van der Waals surface area (Å²) in [5.74, 6) is -1.40. The highest BCUT2D eigenvalue weighted by molar-refractivity contribution is 6.13. The molecule has 0 atom stereocenters. The summed E-state index contributed by atoms with van der Waals surface area (Å²) >= 11 is 0. The second-order valence-electron chi connectivity index (χ2n) is 12.0. The summed E-state index contributed by atoms with van der Waals surface area (Å²) in [6, 6.07) is 24.3. The smallest absolute Gasteiger partial charge is 0.339 e. The number of halogens is 3. The molecule has 2 aliphatic heterocycles. The first-order valence-electron chi connectivity index (χ1n) is 15.9. The number of nitrogens with one attached hydrogen (secondary N) is 1. The maximum atomic E-state index is 13.8. The number of likely N-dealkylation sites (N-methyl/N-ethyl adjacent to an activating group) is 1. The van der Waals surface area contributed by atoms with Gasteiger partial charge in [0.05, 0.1) is 16.9 Å². The van der Waals surface area contributed by atoms with Gasteiger partial charge in [0.25, 0.3) is 11.8 Å². The Morgan fingerprint density at radius 2 is 1.35 bits per heavy atom. The van der Waals surface area contributed by atoms with Crippen molar-refractivity contribution in [1.82, 2.24) is 9.80 Å². The van der Waals surface area contributed by atoms with E-state index in [1.54, 1.807) is 41.3 Å². The maximum absolute atomic E-state index is 13.8. The van der Waals surface area contributed by atoms with Crippen LogP contribution in [0, 0.1) is 0 Å². The largest absolute Gasteiger partial charge is 0.417 e. The number of anilines is 3. The summed E-state index contributed by atoms with van der Waals surface area (Å²) in [6.45, 7) is 2.65. The molecule has 6 rings (SSSR count). The monoisotopic (exact) mass is 669 g/mol. The molecule has 1 saturated heterocycles. The lowest BCUT2D eigenvalue weighted by Crippen LogP contribution is -2.50. The first-order chi connectivity index (χ1) is 23.5. The number of hydrogen-bond donors (Lipinski definition) is 1. The molecule has 0 unspecified atom stereocenters. The molecule has 2 heterocycles. The molecule has 4 aromatic carbocycles. The van der Waals surface area contributed by atoms with E-state index in [2.05, 4.69) is 10.2 Å². The quantitative estimate of drug-likeness (QED) is 0.281. The fourth-order valence-electron chi connectivity index (χ4n) is 6.12. The summed E-state index contributed by atoms with van der Waals surface area (Å²) in [6.07, 6.45) is -4.59. The molecule has 0 aliphatic carbocycles. The molecular weight excluding hydrogens is 635 g/mol. The molecule has 4 aromatic rings. The lowest BCUT2D eigenvalue weighted by atomic mass is 9.94. The number of rotatable bonds is 6. The van der Waals surface area contributed by atoms with E-state index >= 15 is 0 Å². The number of carbonyl (C=O) groups excluding carboxylic acids is 4. The summed E-state index contributed by atoms with van der Waals surface area (Å²) in [5.41, 5.74) is 0.824. The molecule has 4 amide bonds. The van der Waals surface area contributed by atoms with Gasteiger partial charge in [0.1, 0.15) is 6.54 Å². The average Bonchev–Trinajstić information content (AvgIpc) is 3.24. The number of fused-ring (bicyclic) bond motifs is 1. The van der Waals surface area contributed by atoms with Crippen molar-refractivity contribution in [1.29, 1.82) is 0 Å². The Bertz CT molecular complexity index is 1890. The van der Waals surface area contributed by atoms with Gasteiger partial charge in [0.15, 0.2) is 0 Å². The van der Waals surface area contributed by atoms with E-state index in [1.807, 2.05) is 7.05 Å².